The molecular formula is C21H28OSi. The minimum absolute atomic E-state index is 1.04. The number of rotatable bonds is 3. The Morgan fingerprint density at radius 1 is 0.652 bits per heavy atom. The zero-order valence-electron chi connectivity index (χ0n) is 15.7. The maximum absolute atomic E-state index is 6.44. The highest BCUT2D eigenvalue weighted by Gasteiger charge is 2.30. The van der Waals surface area contributed by atoms with Crippen LogP contribution in [0.1, 0.15) is 47.2 Å². The van der Waals surface area contributed by atoms with E-state index in [0.29, 0.717) is 0 Å². The van der Waals surface area contributed by atoms with Gasteiger partial charge in [-0.25, -0.2) is 0 Å². The van der Waals surface area contributed by atoms with Crippen molar-refractivity contribution in [1.82, 2.24) is 0 Å². The van der Waals surface area contributed by atoms with Gasteiger partial charge in [0.15, 0.2) is 0 Å². The lowest BCUT2D eigenvalue weighted by atomic mass is 10.1. The zero-order chi connectivity index (χ0) is 17.3. The predicted molar refractivity (Wildman–Crippen MR) is 102 cm³/mol. The lowest BCUT2D eigenvalue weighted by molar-refractivity contribution is 0.144. The first-order chi connectivity index (χ1) is 10.7. The summed E-state index contributed by atoms with van der Waals surface area (Å²) in [6.07, 6.45) is 1.04. The Labute approximate surface area is 142 Å². The fourth-order valence-corrected chi connectivity index (χ4v) is 6.09. The van der Waals surface area contributed by atoms with Gasteiger partial charge in [-0.15, -0.1) is 0 Å². The molecule has 0 amide bonds. The van der Waals surface area contributed by atoms with Crippen LogP contribution >= 0.6 is 0 Å². The van der Waals surface area contributed by atoms with Gasteiger partial charge in [-0.3, -0.25) is 0 Å². The van der Waals surface area contributed by atoms with Crippen LogP contribution in [0.2, 0.25) is 0 Å². The molecule has 0 saturated heterocycles. The zero-order valence-corrected chi connectivity index (χ0v) is 16.7. The number of hydrogen-bond acceptors (Lipinski definition) is 0. The topological polar surface area (TPSA) is 11.3 Å². The van der Waals surface area contributed by atoms with Gasteiger partial charge in [0.25, 0.3) is 0 Å². The van der Waals surface area contributed by atoms with Gasteiger partial charge in [0, 0.05) is 0 Å². The van der Waals surface area contributed by atoms with Gasteiger partial charge < -0.3 is 4.09 Å². The summed E-state index contributed by atoms with van der Waals surface area (Å²) in [6.45, 7) is 17.3. The fraction of sp³-hybridized carbons (Fsp3) is 0.381. The first kappa shape index (κ1) is 17.7. The molecule has 0 aliphatic rings. The summed E-state index contributed by atoms with van der Waals surface area (Å²) in [5.74, 6) is 0. The van der Waals surface area contributed by atoms with Crippen molar-refractivity contribution in [3.63, 3.8) is 0 Å². The second-order valence-electron chi connectivity index (χ2n) is 6.89. The standard InChI is InChI=1S/C21H28OSi/c1-13(2)22-23(20-16(5)9-14(3)10-17(20)6)21-18(7)11-15(4)12-19(21)8/h9-12H,1-8H3. The molecule has 0 fully saturated rings. The third kappa shape index (κ3) is 3.81. The van der Waals surface area contributed by atoms with Crippen molar-refractivity contribution >= 4 is 19.1 Å². The van der Waals surface area contributed by atoms with Crippen LogP contribution in [-0.2, 0) is 4.09 Å². The van der Waals surface area contributed by atoms with Crippen LogP contribution in [0, 0.1) is 47.6 Å². The molecule has 2 aromatic rings. The molecule has 0 saturated carbocycles. The Bertz CT molecular complexity index is 664. The summed E-state index contributed by atoms with van der Waals surface area (Å²) >= 11 is 0. The fourth-order valence-electron chi connectivity index (χ4n) is 3.51. The predicted octanol–water partition coefficient (Wildman–Crippen LogP) is 4.18. The Kier molecular flexibility index (Phi) is 5.25. The van der Waals surface area contributed by atoms with Crippen molar-refractivity contribution in [1.29, 1.82) is 0 Å². The first-order valence-electron chi connectivity index (χ1n) is 8.22. The van der Waals surface area contributed by atoms with Crippen LogP contribution in [0.15, 0.2) is 24.3 Å². The van der Waals surface area contributed by atoms with Crippen LogP contribution in [0.25, 0.3) is 0 Å². The molecular weight excluding hydrogens is 296 g/mol. The Hall–Kier alpha value is -1.67. The Balaban J connectivity index is 2.81. The van der Waals surface area contributed by atoms with Gasteiger partial charge in [-0.2, -0.15) is 0 Å². The lowest BCUT2D eigenvalue weighted by Gasteiger charge is -2.14. The SMILES string of the molecule is Cc1cc(C)c([Si](=[O+][C-](C)C)c2c(C)cc(C)cc2C)c(C)c1. The van der Waals surface area contributed by atoms with Crippen LogP contribution in [0.4, 0.5) is 0 Å². The molecule has 0 heterocycles. The van der Waals surface area contributed by atoms with Gasteiger partial charge >= 0.3 is 8.68 Å². The summed E-state index contributed by atoms with van der Waals surface area (Å²) in [7, 11) is -1.29. The molecule has 1 nitrogen and oxygen atoms in total. The van der Waals surface area contributed by atoms with Crippen LogP contribution in [0.5, 0.6) is 0 Å². The van der Waals surface area contributed by atoms with E-state index in [0.717, 1.165) is 6.10 Å². The Morgan fingerprint density at radius 2 is 0.957 bits per heavy atom. The van der Waals surface area contributed by atoms with Crippen molar-refractivity contribution < 1.29 is 4.09 Å². The summed E-state index contributed by atoms with van der Waals surface area (Å²) in [6, 6.07) is 9.11. The maximum Gasteiger partial charge on any atom is 0.569 e. The van der Waals surface area contributed by atoms with E-state index in [9.17, 15) is 0 Å². The number of hydrogen-bond donors (Lipinski definition) is 0. The molecule has 2 aromatic carbocycles. The third-order valence-electron chi connectivity index (χ3n) is 4.11. The highest BCUT2D eigenvalue weighted by molar-refractivity contribution is 6.75. The molecule has 0 aliphatic carbocycles. The highest BCUT2D eigenvalue weighted by Crippen LogP contribution is 2.11. The lowest BCUT2D eigenvalue weighted by Crippen LogP contribution is -2.42. The van der Waals surface area contributed by atoms with E-state index in [4.69, 9.17) is 4.09 Å². The average molecular weight is 325 g/mol. The number of benzene rings is 2. The van der Waals surface area contributed by atoms with E-state index in [-0.39, 0.29) is 0 Å². The van der Waals surface area contributed by atoms with E-state index in [1.54, 1.807) is 0 Å². The van der Waals surface area contributed by atoms with E-state index >= 15 is 0 Å². The van der Waals surface area contributed by atoms with Gasteiger partial charge in [0.2, 0.25) is 0 Å². The molecule has 0 aromatic heterocycles. The molecule has 0 aliphatic heterocycles. The van der Waals surface area contributed by atoms with Gasteiger partial charge in [0.05, 0.1) is 10.4 Å². The largest absolute Gasteiger partial charge is 0.569 e. The minimum atomic E-state index is -1.29. The quantitative estimate of drug-likeness (QED) is 0.456. The van der Waals surface area contributed by atoms with Crippen LogP contribution in [0.3, 0.4) is 0 Å². The highest BCUT2D eigenvalue weighted by atomic mass is 28.3. The van der Waals surface area contributed by atoms with E-state index < -0.39 is 8.68 Å². The molecule has 0 radical (unpaired) electrons. The molecule has 0 atom stereocenters. The van der Waals surface area contributed by atoms with Gasteiger partial charge in [-0.1, -0.05) is 49.2 Å². The first-order valence-corrected chi connectivity index (χ1v) is 9.63. The van der Waals surface area contributed by atoms with E-state index in [1.807, 2.05) is 0 Å². The van der Waals surface area contributed by atoms with Gasteiger partial charge in [0.1, 0.15) is 0 Å². The van der Waals surface area contributed by atoms with E-state index in [1.165, 1.54) is 43.8 Å². The molecule has 2 rings (SSSR count). The molecule has 0 unspecified atom stereocenters. The van der Waals surface area contributed by atoms with Gasteiger partial charge in [-0.05, 0) is 69.9 Å². The van der Waals surface area contributed by atoms with Crippen LogP contribution in [-0.4, -0.2) is 8.68 Å². The monoisotopic (exact) mass is 324 g/mol. The van der Waals surface area contributed by atoms with Crippen molar-refractivity contribution in [3.05, 3.63) is 63.8 Å². The van der Waals surface area contributed by atoms with Crippen molar-refractivity contribution in [2.75, 3.05) is 0 Å². The summed E-state index contributed by atoms with van der Waals surface area (Å²) in [4.78, 5) is 0. The Morgan fingerprint density at radius 3 is 1.22 bits per heavy atom. The van der Waals surface area contributed by atoms with Crippen molar-refractivity contribution in [2.24, 2.45) is 0 Å². The summed E-state index contributed by atoms with van der Waals surface area (Å²) in [5, 5.41) is 2.80. The maximum atomic E-state index is 6.44. The van der Waals surface area contributed by atoms with Crippen LogP contribution < -0.4 is 10.4 Å². The summed E-state index contributed by atoms with van der Waals surface area (Å²) in [5.41, 5.74) is 8.02. The molecule has 122 valence electrons. The van der Waals surface area contributed by atoms with Crippen molar-refractivity contribution in [3.8, 4) is 0 Å². The smallest absolute Gasteiger partial charge is 0.512 e. The van der Waals surface area contributed by atoms with Crippen molar-refractivity contribution in [2.45, 2.75) is 55.4 Å². The molecule has 0 bridgehead atoms. The molecule has 0 spiro atoms. The molecule has 23 heavy (non-hydrogen) atoms. The second kappa shape index (κ2) is 6.84. The normalized spacial score (nSPS) is 10.6. The molecule has 2 heteroatoms. The second-order valence-corrected chi connectivity index (χ2v) is 8.75. The average Bonchev–Trinajstić information content (AvgIpc) is 2.34. The summed E-state index contributed by atoms with van der Waals surface area (Å²) < 4.78 is 6.44. The van der Waals surface area contributed by atoms with E-state index in [2.05, 4.69) is 79.7 Å². The molecule has 0 N–H and O–H groups in total. The third-order valence-corrected chi connectivity index (χ3v) is 7.21. The minimum Gasteiger partial charge on any atom is -0.512 e. The number of aryl methyl sites for hydroxylation is 6.